The molecule has 3 heteroatoms. The summed E-state index contributed by atoms with van der Waals surface area (Å²) in [6, 6.07) is 1.75. The number of allylic oxidation sites excluding steroid dienone is 2. The predicted molar refractivity (Wildman–Crippen MR) is 54.3 cm³/mol. The van der Waals surface area contributed by atoms with Crippen LogP contribution >= 0.6 is 0 Å². The molecular formula is C11H15NO2. The summed E-state index contributed by atoms with van der Waals surface area (Å²) >= 11 is 0. The third-order valence-corrected chi connectivity index (χ3v) is 1.26. The quantitative estimate of drug-likeness (QED) is 0.299. The summed E-state index contributed by atoms with van der Waals surface area (Å²) in [6.07, 6.45) is 2.72. The maximum Gasteiger partial charge on any atom is 0.348 e. The van der Waals surface area contributed by atoms with Crippen LogP contribution in [0, 0.1) is 16.7 Å². The lowest BCUT2D eigenvalue weighted by atomic mass is 9.99. The number of rotatable bonds is 3. The molecule has 0 atom stereocenters. The Balaban J connectivity index is 4.29. The third kappa shape index (κ3) is 5.15. The van der Waals surface area contributed by atoms with Crippen LogP contribution in [0.1, 0.15) is 20.8 Å². The Morgan fingerprint density at radius 2 is 2.14 bits per heavy atom. The van der Waals surface area contributed by atoms with Crippen LogP contribution in [-0.2, 0) is 9.53 Å². The van der Waals surface area contributed by atoms with Crippen LogP contribution in [-0.4, -0.2) is 12.6 Å². The summed E-state index contributed by atoms with van der Waals surface area (Å²) in [4.78, 5) is 11.3. The molecule has 0 aliphatic carbocycles. The highest BCUT2D eigenvalue weighted by molar-refractivity contribution is 5.93. The first-order chi connectivity index (χ1) is 6.40. The van der Waals surface area contributed by atoms with Gasteiger partial charge in [0.15, 0.2) is 0 Å². The summed E-state index contributed by atoms with van der Waals surface area (Å²) in [5.74, 6) is -0.595. The normalized spacial score (nSPS) is 11.7. The van der Waals surface area contributed by atoms with Gasteiger partial charge in [-0.3, -0.25) is 0 Å². The van der Waals surface area contributed by atoms with Gasteiger partial charge in [0.2, 0.25) is 0 Å². The maximum absolute atomic E-state index is 11.3. The average molecular weight is 193 g/mol. The Morgan fingerprint density at radius 1 is 1.57 bits per heavy atom. The van der Waals surface area contributed by atoms with Crippen LogP contribution in [0.2, 0.25) is 0 Å². The summed E-state index contributed by atoms with van der Waals surface area (Å²) in [5, 5.41) is 8.59. The maximum atomic E-state index is 11.3. The number of hydrogen-bond acceptors (Lipinski definition) is 3. The Labute approximate surface area is 84.7 Å². The number of nitriles is 1. The highest BCUT2D eigenvalue weighted by atomic mass is 16.5. The van der Waals surface area contributed by atoms with Gasteiger partial charge in [-0.1, -0.05) is 33.4 Å². The number of nitrogens with zero attached hydrogens (tertiary/aromatic N) is 1. The Morgan fingerprint density at radius 3 is 2.50 bits per heavy atom. The zero-order valence-corrected chi connectivity index (χ0v) is 8.83. The monoisotopic (exact) mass is 193 g/mol. The van der Waals surface area contributed by atoms with E-state index in [1.54, 1.807) is 6.07 Å². The minimum Gasteiger partial charge on any atom is -0.461 e. The van der Waals surface area contributed by atoms with Gasteiger partial charge in [-0.2, -0.15) is 5.26 Å². The topological polar surface area (TPSA) is 50.1 Å². The molecule has 0 saturated heterocycles. The van der Waals surface area contributed by atoms with Crippen molar-refractivity contribution in [2.45, 2.75) is 20.8 Å². The highest BCUT2D eigenvalue weighted by Crippen LogP contribution is 2.13. The van der Waals surface area contributed by atoms with Crippen molar-refractivity contribution in [1.82, 2.24) is 0 Å². The molecule has 14 heavy (non-hydrogen) atoms. The van der Waals surface area contributed by atoms with E-state index in [1.165, 1.54) is 12.2 Å². The van der Waals surface area contributed by atoms with Crippen LogP contribution < -0.4 is 0 Å². The molecule has 0 fully saturated rings. The van der Waals surface area contributed by atoms with Crippen molar-refractivity contribution in [1.29, 1.82) is 5.26 Å². The first-order valence-electron chi connectivity index (χ1n) is 4.30. The first-order valence-corrected chi connectivity index (χ1v) is 4.30. The van der Waals surface area contributed by atoms with E-state index in [4.69, 9.17) is 10.00 Å². The van der Waals surface area contributed by atoms with E-state index < -0.39 is 5.97 Å². The number of esters is 1. The fourth-order valence-corrected chi connectivity index (χ4v) is 0.629. The summed E-state index contributed by atoms with van der Waals surface area (Å²) in [5.41, 5.74) is -0.117. The fourth-order valence-electron chi connectivity index (χ4n) is 0.629. The fraction of sp³-hybridized carbons (Fsp3) is 0.455. The molecule has 0 radical (unpaired) electrons. The standard InChI is InChI=1S/C11H15NO2/c1-5-6-9(7-12)10(13)14-8-11(2,3)4/h5-6H,1,8H2,2-4H3. The molecule has 76 valence electrons. The summed E-state index contributed by atoms with van der Waals surface area (Å²) in [7, 11) is 0. The van der Waals surface area contributed by atoms with E-state index in [2.05, 4.69) is 6.58 Å². The van der Waals surface area contributed by atoms with E-state index in [-0.39, 0.29) is 11.0 Å². The molecule has 0 aliphatic rings. The van der Waals surface area contributed by atoms with E-state index in [9.17, 15) is 4.79 Å². The third-order valence-electron chi connectivity index (χ3n) is 1.26. The predicted octanol–water partition coefficient (Wildman–Crippen LogP) is 2.21. The Hall–Kier alpha value is -1.56. The van der Waals surface area contributed by atoms with Gasteiger partial charge in [0, 0.05) is 0 Å². The number of ether oxygens (including phenoxy) is 1. The molecule has 0 saturated carbocycles. The van der Waals surface area contributed by atoms with Gasteiger partial charge in [0.25, 0.3) is 0 Å². The van der Waals surface area contributed by atoms with Gasteiger partial charge >= 0.3 is 5.97 Å². The number of hydrogen-bond donors (Lipinski definition) is 0. The molecule has 0 bridgehead atoms. The largest absolute Gasteiger partial charge is 0.461 e. The van der Waals surface area contributed by atoms with E-state index in [0.717, 1.165) is 0 Å². The van der Waals surface area contributed by atoms with Gasteiger partial charge in [-0.05, 0) is 11.5 Å². The second-order valence-corrected chi connectivity index (χ2v) is 4.06. The van der Waals surface area contributed by atoms with Crippen LogP contribution in [0.5, 0.6) is 0 Å². The Bertz CT molecular complexity index is 289. The number of carbonyl (C=O) groups excluding carboxylic acids is 1. The SMILES string of the molecule is C=CC=C(C#N)C(=O)OCC(C)(C)C. The molecular weight excluding hydrogens is 178 g/mol. The molecule has 0 unspecified atom stereocenters. The van der Waals surface area contributed by atoms with E-state index in [1.807, 2.05) is 20.8 Å². The van der Waals surface area contributed by atoms with Crippen LogP contribution in [0.15, 0.2) is 24.3 Å². The zero-order valence-electron chi connectivity index (χ0n) is 8.83. The lowest BCUT2D eigenvalue weighted by molar-refractivity contribution is -0.141. The van der Waals surface area contributed by atoms with Crippen molar-refractivity contribution in [3.05, 3.63) is 24.3 Å². The second-order valence-electron chi connectivity index (χ2n) is 4.06. The van der Waals surface area contributed by atoms with Gasteiger partial charge in [0.1, 0.15) is 11.6 Å². The minimum absolute atomic E-state index is 0.0238. The lowest BCUT2D eigenvalue weighted by Crippen LogP contribution is -2.19. The van der Waals surface area contributed by atoms with Crippen LogP contribution in [0.3, 0.4) is 0 Å². The highest BCUT2D eigenvalue weighted by Gasteiger charge is 2.15. The molecule has 0 aromatic rings. The van der Waals surface area contributed by atoms with Crippen LogP contribution in [0.25, 0.3) is 0 Å². The molecule has 0 heterocycles. The summed E-state index contributed by atoms with van der Waals surface area (Å²) < 4.78 is 4.93. The van der Waals surface area contributed by atoms with Crippen molar-refractivity contribution >= 4 is 5.97 Å². The van der Waals surface area contributed by atoms with Crippen LogP contribution in [0.4, 0.5) is 0 Å². The van der Waals surface area contributed by atoms with Crippen molar-refractivity contribution in [2.24, 2.45) is 5.41 Å². The molecule has 3 nitrogen and oxygen atoms in total. The van der Waals surface area contributed by atoms with Gasteiger partial charge in [0.05, 0.1) is 6.61 Å². The molecule has 0 aromatic carbocycles. The van der Waals surface area contributed by atoms with E-state index in [0.29, 0.717) is 6.61 Å². The van der Waals surface area contributed by atoms with Crippen molar-refractivity contribution in [2.75, 3.05) is 6.61 Å². The molecule has 0 rings (SSSR count). The van der Waals surface area contributed by atoms with E-state index >= 15 is 0 Å². The zero-order chi connectivity index (χ0) is 11.2. The smallest absolute Gasteiger partial charge is 0.348 e. The first kappa shape index (κ1) is 12.4. The lowest BCUT2D eigenvalue weighted by Gasteiger charge is -2.17. The molecule has 0 aromatic heterocycles. The Kier molecular flexibility index (Phi) is 4.65. The molecule has 0 spiro atoms. The van der Waals surface area contributed by atoms with Gasteiger partial charge in [-0.25, -0.2) is 4.79 Å². The average Bonchev–Trinajstić information content (AvgIpc) is 2.09. The minimum atomic E-state index is -0.595. The van der Waals surface area contributed by atoms with Crippen molar-refractivity contribution in [3.63, 3.8) is 0 Å². The number of carbonyl (C=O) groups is 1. The second kappa shape index (κ2) is 5.23. The van der Waals surface area contributed by atoms with Crippen molar-refractivity contribution in [3.8, 4) is 6.07 Å². The van der Waals surface area contributed by atoms with Gasteiger partial charge < -0.3 is 4.74 Å². The molecule has 0 N–H and O–H groups in total. The molecule has 0 amide bonds. The molecule has 0 aliphatic heterocycles. The van der Waals surface area contributed by atoms with Crippen molar-refractivity contribution < 1.29 is 9.53 Å². The summed E-state index contributed by atoms with van der Waals surface area (Å²) in [6.45, 7) is 9.54. The van der Waals surface area contributed by atoms with Gasteiger partial charge in [-0.15, -0.1) is 0 Å².